The first-order valence-corrected chi connectivity index (χ1v) is 10.3. The Labute approximate surface area is 155 Å². The zero-order chi connectivity index (χ0) is 17.7. The molecule has 1 aromatic rings. The highest BCUT2D eigenvalue weighted by atomic mass is 16.2. The predicted molar refractivity (Wildman–Crippen MR) is 101 cm³/mol. The Hall–Kier alpha value is -1.84. The lowest BCUT2D eigenvalue weighted by Gasteiger charge is -2.56. The average Bonchev–Trinajstić information content (AvgIpc) is 3.05. The van der Waals surface area contributed by atoms with Gasteiger partial charge in [-0.3, -0.25) is 9.59 Å². The Bertz CT molecular complexity index is 689. The highest BCUT2D eigenvalue weighted by Gasteiger charge is 2.50. The van der Waals surface area contributed by atoms with E-state index in [0.717, 1.165) is 43.0 Å². The predicted octanol–water partition coefficient (Wildman–Crippen LogP) is 3.76. The molecule has 4 heteroatoms. The number of benzene rings is 1. The van der Waals surface area contributed by atoms with E-state index in [-0.39, 0.29) is 11.8 Å². The smallest absolute Gasteiger partial charge is 0.251 e. The van der Waals surface area contributed by atoms with Crippen molar-refractivity contribution in [3.63, 3.8) is 0 Å². The summed E-state index contributed by atoms with van der Waals surface area (Å²) >= 11 is 0. The second-order valence-electron chi connectivity index (χ2n) is 9.30. The standard InChI is InChI=1S/C22H28N2O2/c25-20-2-1-7-24(20)19-5-3-18(4-6-19)21(26)23-14-22-11-15-8-16(12-22)10-17(9-15)13-22/h3-6,15-17H,1-2,7-14H2,(H,23,26). The zero-order valence-electron chi connectivity index (χ0n) is 15.4. The molecule has 4 saturated carbocycles. The van der Waals surface area contributed by atoms with Crippen LogP contribution in [0.15, 0.2) is 24.3 Å². The van der Waals surface area contributed by atoms with Crippen LogP contribution in [0.1, 0.15) is 61.7 Å². The van der Waals surface area contributed by atoms with Crippen LogP contribution in [0.2, 0.25) is 0 Å². The molecule has 0 aromatic heterocycles. The quantitative estimate of drug-likeness (QED) is 0.897. The molecule has 1 aliphatic heterocycles. The summed E-state index contributed by atoms with van der Waals surface area (Å²) in [5.41, 5.74) is 1.97. The molecule has 138 valence electrons. The SMILES string of the molecule is O=C(NCC12CC3CC(CC(C3)C1)C2)c1ccc(N2CCCC2=O)cc1. The van der Waals surface area contributed by atoms with E-state index in [2.05, 4.69) is 5.32 Å². The number of anilines is 1. The fourth-order valence-corrected chi connectivity index (χ4v) is 6.59. The fraction of sp³-hybridized carbons (Fsp3) is 0.636. The third-order valence-electron chi connectivity index (χ3n) is 7.30. The van der Waals surface area contributed by atoms with Crippen LogP contribution in [0.4, 0.5) is 5.69 Å². The molecule has 2 amide bonds. The van der Waals surface area contributed by atoms with Gasteiger partial charge in [0.1, 0.15) is 0 Å². The molecule has 1 saturated heterocycles. The number of nitrogens with one attached hydrogen (secondary N) is 1. The Morgan fingerprint density at radius 2 is 1.65 bits per heavy atom. The molecule has 0 atom stereocenters. The summed E-state index contributed by atoms with van der Waals surface area (Å²) in [7, 11) is 0. The summed E-state index contributed by atoms with van der Waals surface area (Å²) in [6.07, 6.45) is 9.80. The number of amides is 2. The number of rotatable bonds is 4. The number of hydrogen-bond acceptors (Lipinski definition) is 2. The van der Waals surface area contributed by atoms with E-state index in [9.17, 15) is 9.59 Å². The van der Waals surface area contributed by atoms with E-state index < -0.39 is 0 Å². The number of carbonyl (C=O) groups excluding carboxylic acids is 2. The molecule has 4 nitrogen and oxygen atoms in total. The van der Waals surface area contributed by atoms with Crippen molar-refractivity contribution in [2.75, 3.05) is 18.0 Å². The number of carbonyl (C=O) groups is 2. The molecule has 5 aliphatic rings. The number of hydrogen-bond donors (Lipinski definition) is 1. The molecule has 26 heavy (non-hydrogen) atoms. The first-order chi connectivity index (χ1) is 12.6. The van der Waals surface area contributed by atoms with Gasteiger partial charge in [0.2, 0.25) is 5.91 Å². The molecule has 0 unspecified atom stereocenters. The zero-order valence-corrected chi connectivity index (χ0v) is 15.4. The summed E-state index contributed by atoms with van der Waals surface area (Å²) in [6, 6.07) is 7.53. The summed E-state index contributed by atoms with van der Waals surface area (Å²) in [6.45, 7) is 1.62. The monoisotopic (exact) mass is 352 g/mol. The molecule has 4 aliphatic carbocycles. The molecule has 5 fully saturated rings. The van der Waals surface area contributed by atoms with Crippen LogP contribution in [0.5, 0.6) is 0 Å². The van der Waals surface area contributed by atoms with Gasteiger partial charge >= 0.3 is 0 Å². The van der Waals surface area contributed by atoms with E-state index in [1.807, 2.05) is 29.2 Å². The van der Waals surface area contributed by atoms with Crippen LogP contribution in [0.25, 0.3) is 0 Å². The van der Waals surface area contributed by atoms with Crippen molar-refractivity contribution in [2.45, 2.75) is 51.4 Å². The van der Waals surface area contributed by atoms with Gasteiger partial charge in [-0.05, 0) is 92.4 Å². The largest absolute Gasteiger partial charge is 0.351 e. The van der Waals surface area contributed by atoms with Crippen molar-refractivity contribution < 1.29 is 9.59 Å². The van der Waals surface area contributed by atoms with E-state index in [1.54, 1.807) is 0 Å². The topological polar surface area (TPSA) is 49.4 Å². The maximum atomic E-state index is 12.6. The third-order valence-corrected chi connectivity index (χ3v) is 7.30. The first kappa shape index (κ1) is 16.3. The Morgan fingerprint density at radius 3 is 2.19 bits per heavy atom. The van der Waals surface area contributed by atoms with Crippen molar-refractivity contribution in [3.8, 4) is 0 Å². The summed E-state index contributed by atoms with van der Waals surface area (Å²) in [4.78, 5) is 26.3. The maximum absolute atomic E-state index is 12.6. The molecule has 1 N–H and O–H groups in total. The minimum atomic E-state index is 0.0278. The van der Waals surface area contributed by atoms with Crippen molar-refractivity contribution >= 4 is 17.5 Å². The highest BCUT2D eigenvalue weighted by molar-refractivity contribution is 5.97. The second-order valence-corrected chi connectivity index (χ2v) is 9.30. The molecular formula is C22H28N2O2. The minimum Gasteiger partial charge on any atom is -0.351 e. The van der Waals surface area contributed by atoms with Crippen molar-refractivity contribution in [1.82, 2.24) is 5.32 Å². The van der Waals surface area contributed by atoms with Gasteiger partial charge in [-0.15, -0.1) is 0 Å². The Morgan fingerprint density at radius 1 is 1.04 bits per heavy atom. The Kier molecular flexibility index (Phi) is 3.84. The minimum absolute atomic E-state index is 0.0278. The molecule has 6 rings (SSSR count). The molecule has 1 heterocycles. The van der Waals surface area contributed by atoms with E-state index in [0.29, 0.717) is 17.4 Å². The van der Waals surface area contributed by atoms with Gasteiger partial charge in [0.25, 0.3) is 5.91 Å². The van der Waals surface area contributed by atoms with E-state index >= 15 is 0 Å². The van der Waals surface area contributed by atoms with Crippen molar-refractivity contribution in [1.29, 1.82) is 0 Å². The van der Waals surface area contributed by atoms with Crippen LogP contribution in [0, 0.1) is 23.2 Å². The molecule has 0 radical (unpaired) electrons. The van der Waals surface area contributed by atoms with Gasteiger partial charge in [0.05, 0.1) is 0 Å². The van der Waals surface area contributed by atoms with Crippen LogP contribution in [0.3, 0.4) is 0 Å². The molecular weight excluding hydrogens is 324 g/mol. The summed E-state index contributed by atoms with van der Waals surface area (Å²) in [5.74, 6) is 2.95. The lowest BCUT2D eigenvalue weighted by atomic mass is 9.49. The van der Waals surface area contributed by atoms with Gasteiger partial charge in [-0.25, -0.2) is 0 Å². The van der Waals surface area contributed by atoms with Gasteiger partial charge in [-0.1, -0.05) is 0 Å². The molecule has 4 bridgehead atoms. The second kappa shape index (κ2) is 6.11. The highest BCUT2D eigenvalue weighted by Crippen LogP contribution is 2.59. The average molecular weight is 352 g/mol. The van der Waals surface area contributed by atoms with Crippen LogP contribution in [-0.4, -0.2) is 24.9 Å². The van der Waals surface area contributed by atoms with Crippen LogP contribution < -0.4 is 10.2 Å². The van der Waals surface area contributed by atoms with Crippen LogP contribution >= 0.6 is 0 Å². The molecule has 0 spiro atoms. The van der Waals surface area contributed by atoms with E-state index in [4.69, 9.17) is 0 Å². The summed E-state index contributed by atoms with van der Waals surface area (Å²) < 4.78 is 0. The van der Waals surface area contributed by atoms with Gasteiger partial charge in [0, 0.05) is 30.8 Å². The number of nitrogens with zero attached hydrogens (tertiary/aromatic N) is 1. The summed E-state index contributed by atoms with van der Waals surface area (Å²) in [5, 5.41) is 3.23. The van der Waals surface area contributed by atoms with Crippen molar-refractivity contribution in [3.05, 3.63) is 29.8 Å². The van der Waals surface area contributed by atoms with Crippen molar-refractivity contribution in [2.24, 2.45) is 23.2 Å². The molecule has 1 aromatic carbocycles. The van der Waals surface area contributed by atoms with Crippen LogP contribution in [-0.2, 0) is 4.79 Å². The van der Waals surface area contributed by atoms with Gasteiger partial charge < -0.3 is 10.2 Å². The van der Waals surface area contributed by atoms with Gasteiger partial charge in [-0.2, -0.15) is 0 Å². The third kappa shape index (κ3) is 2.83. The lowest BCUT2D eigenvalue weighted by Crippen LogP contribution is -2.51. The maximum Gasteiger partial charge on any atom is 0.251 e. The van der Waals surface area contributed by atoms with E-state index in [1.165, 1.54) is 38.5 Å². The fourth-order valence-electron chi connectivity index (χ4n) is 6.59. The first-order valence-electron chi connectivity index (χ1n) is 10.3. The normalized spacial score (nSPS) is 35.2. The lowest BCUT2D eigenvalue weighted by molar-refractivity contribution is -0.117. The van der Waals surface area contributed by atoms with Gasteiger partial charge in [0.15, 0.2) is 0 Å². The Balaban J connectivity index is 1.23.